The summed E-state index contributed by atoms with van der Waals surface area (Å²) in [6.07, 6.45) is 0. The number of methoxy groups -OCH3 is 1. The minimum atomic E-state index is 0.382. The van der Waals surface area contributed by atoms with E-state index < -0.39 is 0 Å². The first kappa shape index (κ1) is 10.5. The Morgan fingerprint density at radius 2 is 2.27 bits per heavy atom. The molecule has 2 rings (SSSR count). The molecule has 1 aromatic rings. The van der Waals surface area contributed by atoms with Crippen molar-refractivity contribution < 1.29 is 4.74 Å². The van der Waals surface area contributed by atoms with Gasteiger partial charge in [-0.15, -0.1) is 0 Å². The average molecular weight is 206 g/mol. The number of benzene rings is 1. The van der Waals surface area contributed by atoms with Crippen LogP contribution in [0.5, 0.6) is 5.75 Å². The minimum absolute atomic E-state index is 0.382. The zero-order valence-corrected chi connectivity index (χ0v) is 9.29. The lowest BCUT2D eigenvalue weighted by atomic mass is 10.1. The Morgan fingerprint density at radius 3 is 2.87 bits per heavy atom. The second-order valence-corrected chi connectivity index (χ2v) is 4.02. The summed E-state index contributed by atoms with van der Waals surface area (Å²) in [6, 6.07) is 9.22. The Hall–Kier alpha value is -1.06. The molecule has 0 bridgehead atoms. The van der Waals surface area contributed by atoms with Crippen LogP contribution in [0.1, 0.15) is 18.5 Å². The van der Waals surface area contributed by atoms with Crippen LogP contribution >= 0.6 is 0 Å². The van der Waals surface area contributed by atoms with E-state index in [1.807, 2.05) is 12.1 Å². The van der Waals surface area contributed by atoms with Crippen LogP contribution in [-0.4, -0.2) is 26.2 Å². The van der Waals surface area contributed by atoms with E-state index in [9.17, 15) is 0 Å². The molecule has 82 valence electrons. The van der Waals surface area contributed by atoms with E-state index in [0.29, 0.717) is 12.1 Å². The highest BCUT2D eigenvalue weighted by atomic mass is 16.5. The van der Waals surface area contributed by atoms with Gasteiger partial charge in [0.25, 0.3) is 0 Å². The standard InChI is InChI=1S/C12H18N2O/c1-9(14-11-7-13-8-11)10-4-3-5-12(6-10)15-2/h3-6,9,11,13-14H,7-8H2,1-2H3. The van der Waals surface area contributed by atoms with Crippen molar-refractivity contribution >= 4 is 0 Å². The Morgan fingerprint density at radius 1 is 1.47 bits per heavy atom. The number of nitrogens with one attached hydrogen (secondary N) is 2. The molecule has 1 saturated heterocycles. The molecule has 2 N–H and O–H groups in total. The van der Waals surface area contributed by atoms with Crippen molar-refractivity contribution in [2.75, 3.05) is 20.2 Å². The van der Waals surface area contributed by atoms with Gasteiger partial charge in [0.05, 0.1) is 7.11 Å². The maximum absolute atomic E-state index is 5.21. The van der Waals surface area contributed by atoms with Crippen LogP contribution in [0.4, 0.5) is 0 Å². The third kappa shape index (κ3) is 2.49. The highest BCUT2D eigenvalue weighted by molar-refractivity contribution is 5.30. The summed E-state index contributed by atoms with van der Waals surface area (Å²) in [5.41, 5.74) is 1.28. The molecule has 0 amide bonds. The van der Waals surface area contributed by atoms with Gasteiger partial charge in [-0.05, 0) is 24.6 Å². The summed E-state index contributed by atoms with van der Waals surface area (Å²) in [5, 5.41) is 6.82. The molecule has 0 aliphatic carbocycles. The maximum atomic E-state index is 5.21. The van der Waals surface area contributed by atoms with E-state index in [4.69, 9.17) is 4.74 Å². The molecular weight excluding hydrogens is 188 g/mol. The van der Waals surface area contributed by atoms with E-state index in [1.54, 1.807) is 7.11 Å². The summed E-state index contributed by atoms with van der Waals surface area (Å²) in [7, 11) is 1.70. The van der Waals surface area contributed by atoms with Crippen LogP contribution in [0.25, 0.3) is 0 Å². The summed E-state index contributed by atoms with van der Waals surface area (Å²) in [5.74, 6) is 0.924. The van der Waals surface area contributed by atoms with Crippen LogP contribution in [0.2, 0.25) is 0 Å². The molecule has 1 heterocycles. The van der Waals surface area contributed by atoms with E-state index >= 15 is 0 Å². The van der Waals surface area contributed by atoms with Gasteiger partial charge in [0.1, 0.15) is 5.75 Å². The van der Waals surface area contributed by atoms with Gasteiger partial charge in [0.2, 0.25) is 0 Å². The topological polar surface area (TPSA) is 33.3 Å². The first-order chi connectivity index (χ1) is 7.29. The third-order valence-electron chi connectivity index (χ3n) is 2.86. The van der Waals surface area contributed by atoms with Crippen molar-refractivity contribution in [1.82, 2.24) is 10.6 Å². The molecular formula is C12H18N2O. The molecule has 1 aromatic carbocycles. The Labute approximate surface area is 90.8 Å². The summed E-state index contributed by atoms with van der Waals surface area (Å²) in [4.78, 5) is 0. The van der Waals surface area contributed by atoms with Crippen molar-refractivity contribution in [1.29, 1.82) is 0 Å². The van der Waals surface area contributed by atoms with Gasteiger partial charge in [-0.1, -0.05) is 12.1 Å². The highest BCUT2D eigenvalue weighted by Crippen LogP contribution is 2.19. The highest BCUT2D eigenvalue weighted by Gasteiger charge is 2.18. The van der Waals surface area contributed by atoms with E-state index in [0.717, 1.165) is 18.8 Å². The smallest absolute Gasteiger partial charge is 0.119 e. The fourth-order valence-electron chi connectivity index (χ4n) is 1.77. The Balaban J connectivity index is 1.99. The Kier molecular flexibility index (Phi) is 3.23. The second kappa shape index (κ2) is 4.64. The molecule has 1 aliphatic rings. The lowest BCUT2D eigenvalue weighted by molar-refractivity contribution is 0.337. The molecule has 0 spiro atoms. The molecule has 1 unspecified atom stereocenters. The minimum Gasteiger partial charge on any atom is -0.497 e. The van der Waals surface area contributed by atoms with Gasteiger partial charge < -0.3 is 15.4 Å². The van der Waals surface area contributed by atoms with Crippen LogP contribution in [0, 0.1) is 0 Å². The van der Waals surface area contributed by atoms with Crippen LogP contribution in [0.15, 0.2) is 24.3 Å². The first-order valence-corrected chi connectivity index (χ1v) is 5.40. The largest absolute Gasteiger partial charge is 0.497 e. The van der Waals surface area contributed by atoms with E-state index in [1.165, 1.54) is 5.56 Å². The van der Waals surface area contributed by atoms with Crippen molar-refractivity contribution in [2.45, 2.75) is 19.0 Å². The quantitative estimate of drug-likeness (QED) is 0.779. The molecule has 1 fully saturated rings. The fraction of sp³-hybridized carbons (Fsp3) is 0.500. The number of hydrogen-bond donors (Lipinski definition) is 2. The van der Waals surface area contributed by atoms with Gasteiger partial charge in [0.15, 0.2) is 0 Å². The zero-order valence-electron chi connectivity index (χ0n) is 9.29. The Bertz CT molecular complexity index is 323. The van der Waals surface area contributed by atoms with Crippen molar-refractivity contribution in [3.05, 3.63) is 29.8 Å². The van der Waals surface area contributed by atoms with Crippen LogP contribution < -0.4 is 15.4 Å². The maximum Gasteiger partial charge on any atom is 0.119 e. The third-order valence-corrected chi connectivity index (χ3v) is 2.86. The lowest BCUT2D eigenvalue weighted by Gasteiger charge is -2.31. The monoisotopic (exact) mass is 206 g/mol. The van der Waals surface area contributed by atoms with Crippen molar-refractivity contribution in [2.24, 2.45) is 0 Å². The zero-order chi connectivity index (χ0) is 10.7. The molecule has 0 radical (unpaired) electrons. The van der Waals surface area contributed by atoms with Gasteiger partial charge in [-0.3, -0.25) is 0 Å². The van der Waals surface area contributed by atoms with Gasteiger partial charge >= 0.3 is 0 Å². The number of rotatable bonds is 4. The number of ether oxygens (including phenoxy) is 1. The predicted octanol–water partition coefficient (Wildman–Crippen LogP) is 1.32. The normalized spacial score (nSPS) is 18.3. The summed E-state index contributed by atoms with van der Waals surface area (Å²) in [6.45, 7) is 4.34. The molecule has 15 heavy (non-hydrogen) atoms. The average Bonchev–Trinajstić information content (AvgIpc) is 2.23. The predicted molar refractivity (Wildman–Crippen MR) is 61.2 cm³/mol. The van der Waals surface area contributed by atoms with E-state index in [-0.39, 0.29) is 0 Å². The number of hydrogen-bond acceptors (Lipinski definition) is 3. The molecule has 0 aromatic heterocycles. The SMILES string of the molecule is COc1cccc(C(C)NC2CNC2)c1. The van der Waals surface area contributed by atoms with Crippen LogP contribution in [0.3, 0.4) is 0 Å². The van der Waals surface area contributed by atoms with Gasteiger partial charge in [-0.25, -0.2) is 0 Å². The van der Waals surface area contributed by atoms with Crippen molar-refractivity contribution in [3.63, 3.8) is 0 Å². The molecule has 0 saturated carbocycles. The summed E-state index contributed by atoms with van der Waals surface area (Å²) >= 11 is 0. The summed E-state index contributed by atoms with van der Waals surface area (Å²) < 4.78 is 5.21. The lowest BCUT2D eigenvalue weighted by Crippen LogP contribution is -2.55. The molecule has 3 heteroatoms. The van der Waals surface area contributed by atoms with E-state index in [2.05, 4.69) is 29.7 Å². The van der Waals surface area contributed by atoms with Gasteiger partial charge in [0, 0.05) is 25.2 Å². The van der Waals surface area contributed by atoms with Crippen LogP contribution in [-0.2, 0) is 0 Å². The molecule has 3 nitrogen and oxygen atoms in total. The molecule has 1 aliphatic heterocycles. The first-order valence-electron chi connectivity index (χ1n) is 5.40. The fourth-order valence-corrected chi connectivity index (χ4v) is 1.77. The van der Waals surface area contributed by atoms with Crippen molar-refractivity contribution in [3.8, 4) is 5.75 Å². The second-order valence-electron chi connectivity index (χ2n) is 4.02. The van der Waals surface area contributed by atoms with Gasteiger partial charge in [-0.2, -0.15) is 0 Å². The molecule has 1 atom stereocenters.